The first-order valence-electron chi connectivity index (χ1n) is 8.62. The van der Waals surface area contributed by atoms with Crippen LogP contribution in [-0.2, 0) is 0 Å². The highest BCUT2D eigenvalue weighted by molar-refractivity contribution is 4.93. The van der Waals surface area contributed by atoms with Crippen LogP contribution in [0, 0.1) is 11.8 Å². The monoisotopic (exact) mass is 266 g/mol. The Kier molecular flexibility index (Phi) is 5.70. The average Bonchev–Trinajstić information content (AvgIpc) is 2.46. The lowest BCUT2D eigenvalue weighted by molar-refractivity contribution is 0.0430. The molecule has 112 valence electrons. The highest BCUT2D eigenvalue weighted by Gasteiger charge is 2.35. The molecule has 2 rings (SSSR count). The summed E-state index contributed by atoms with van der Waals surface area (Å²) >= 11 is 0. The van der Waals surface area contributed by atoms with Crippen LogP contribution in [0.15, 0.2) is 0 Å². The third-order valence-corrected chi connectivity index (χ3v) is 5.61. The third-order valence-electron chi connectivity index (χ3n) is 5.61. The van der Waals surface area contributed by atoms with Crippen LogP contribution >= 0.6 is 0 Å². The predicted octanol–water partition coefficient (Wildman–Crippen LogP) is 3.66. The van der Waals surface area contributed by atoms with Crippen molar-refractivity contribution < 1.29 is 0 Å². The minimum atomic E-state index is 0.687. The molecule has 1 saturated heterocycles. The van der Waals surface area contributed by atoms with Crippen molar-refractivity contribution in [2.45, 2.75) is 84.3 Å². The van der Waals surface area contributed by atoms with Gasteiger partial charge in [-0.1, -0.05) is 39.5 Å². The quantitative estimate of drug-likeness (QED) is 0.835. The summed E-state index contributed by atoms with van der Waals surface area (Å²) in [4.78, 5) is 2.78. The van der Waals surface area contributed by atoms with Gasteiger partial charge in [-0.25, -0.2) is 0 Å². The largest absolute Gasteiger partial charge is 0.311 e. The van der Waals surface area contributed by atoms with E-state index >= 15 is 0 Å². The lowest BCUT2D eigenvalue weighted by atomic mass is 9.81. The van der Waals surface area contributed by atoms with Crippen molar-refractivity contribution in [1.82, 2.24) is 10.2 Å². The summed E-state index contributed by atoms with van der Waals surface area (Å²) in [6.07, 6.45) is 8.59. The predicted molar refractivity (Wildman–Crippen MR) is 83.5 cm³/mol. The lowest BCUT2D eigenvalue weighted by Crippen LogP contribution is -2.62. The van der Waals surface area contributed by atoms with E-state index in [4.69, 9.17) is 0 Å². The van der Waals surface area contributed by atoms with Crippen LogP contribution in [0.5, 0.6) is 0 Å². The first-order chi connectivity index (χ1) is 9.13. The van der Waals surface area contributed by atoms with Gasteiger partial charge in [-0.15, -0.1) is 0 Å². The molecule has 2 nitrogen and oxygen atoms in total. The van der Waals surface area contributed by atoms with Gasteiger partial charge >= 0.3 is 0 Å². The fourth-order valence-electron chi connectivity index (χ4n) is 4.06. The third kappa shape index (κ3) is 3.72. The molecule has 1 heterocycles. The fraction of sp³-hybridized carbons (Fsp3) is 1.00. The number of nitrogens with zero attached hydrogens (tertiary/aromatic N) is 1. The summed E-state index contributed by atoms with van der Waals surface area (Å²) in [7, 11) is 0. The second-order valence-electron chi connectivity index (χ2n) is 7.16. The van der Waals surface area contributed by atoms with Crippen LogP contribution in [-0.4, -0.2) is 36.1 Å². The van der Waals surface area contributed by atoms with Crippen molar-refractivity contribution in [2.75, 3.05) is 13.1 Å². The molecule has 0 bridgehead atoms. The van der Waals surface area contributed by atoms with E-state index in [1.54, 1.807) is 0 Å². The Morgan fingerprint density at radius 2 is 1.79 bits per heavy atom. The van der Waals surface area contributed by atoms with E-state index in [0.717, 1.165) is 23.9 Å². The number of hydrogen-bond donors (Lipinski definition) is 1. The molecule has 1 aliphatic heterocycles. The van der Waals surface area contributed by atoms with Gasteiger partial charge in [0, 0.05) is 31.2 Å². The Balaban J connectivity index is 1.97. The van der Waals surface area contributed by atoms with Crippen molar-refractivity contribution in [3.05, 3.63) is 0 Å². The molecule has 1 aliphatic carbocycles. The van der Waals surface area contributed by atoms with Crippen molar-refractivity contribution in [2.24, 2.45) is 11.8 Å². The number of hydrogen-bond acceptors (Lipinski definition) is 2. The van der Waals surface area contributed by atoms with Gasteiger partial charge in [-0.3, -0.25) is 4.90 Å². The Hall–Kier alpha value is -0.0800. The zero-order chi connectivity index (χ0) is 13.8. The molecule has 1 N–H and O–H groups in total. The minimum Gasteiger partial charge on any atom is -0.311 e. The second kappa shape index (κ2) is 7.08. The summed E-state index contributed by atoms with van der Waals surface area (Å²) in [6.45, 7) is 12.0. The smallest absolute Gasteiger partial charge is 0.0249 e. The van der Waals surface area contributed by atoms with Crippen LogP contribution in [0.1, 0.15) is 66.2 Å². The van der Waals surface area contributed by atoms with Crippen LogP contribution < -0.4 is 5.32 Å². The number of rotatable bonds is 4. The van der Waals surface area contributed by atoms with Crippen molar-refractivity contribution in [3.8, 4) is 0 Å². The van der Waals surface area contributed by atoms with Gasteiger partial charge in [0.25, 0.3) is 0 Å². The minimum absolute atomic E-state index is 0.687. The summed E-state index contributed by atoms with van der Waals surface area (Å²) in [5.74, 6) is 1.75. The van der Waals surface area contributed by atoms with E-state index in [-0.39, 0.29) is 0 Å². The van der Waals surface area contributed by atoms with Gasteiger partial charge < -0.3 is 5.32 Å². The molecule has 0 aromatic heterocycles. The highest BCUT2D eigenvalue weighted by Crippen LogP contribution is 2.30. The van der Waals surface area contributed by atoms with Crippen LogP contribution in [0.4, 0.5) is 0 Å². The molecule has 2 aliphatic rings. The number of nitrogens with one attached hydrogen (secondary N) is 1. The molecule has 3 atom stereocenters. The molecule has 0 aromatic carbocycles. The molecular formula is C17H34N2. The summed E-state index contributed by atoms with van der Waals surface area (Å²) in [6, 6.07) is 2.18. The topological polar surface area (TPSA) is 15.3 Å². The summed E-state index contributed by atoms with van der Waals surface area (Å²) in [5.41, 5.74) is 0. The van der Waals surface area contributed by atoms with E-state index in [0.29, 0.717) is 6.04 Å². The Bertz CT molecular complexity index is 258. The molecule has 2 fully saturated rings. The SMILES string of the molecule is CCC(C)C1CNC(C2CCCCC2)CN1C(C)C. The molecule has 1 saturated carbocycles. The first kappa shape index (κ1) is 15.3. The normalized spacial score (nSPS) is 32.7. The summed E-state index contributed by atoms with van der Waals surface area (Å²) < 4.78 is 0. The molecule has 0 amide bonds. The molecular weight excluding hydrogens is 232 g/mol. The zero-order valence-corrected chi connectivity index (χ0v) is 13.5. The first-order valence-corrected chi connectivity index (χ1v) is 8.62. The van der Waals surface area contributed by atoms with Crippen molar-refractivity contribution in [1.29, 1.82) is 0 Å². The van der Waals surface area contributed by atoms with E-state index in [1.807, 2.05) is 0 Å². The number of piperazine rings is 1. The van der Waals surface area contributed by atoms with Gasteiger partial charge in [-0.2, -0.15) is 0 Å². The highest BCUT2D eigenvalue weighted by atomic mass is 15.3. The standard InChI is InChI=1S/C17H34N2/c1-5-14(4)17-11-18-16(12-19(17)13(2)3)15-9-7-6-8-10-15/h13-18H,5-12H2,1-4H3. The van der Waals surface area contributed by atoms with Gasteiger partial charge in [0.15, 0.2) is 0 Å². The van der Waals surface area contributed by atoms with Gasteiger partial charge in [0.05, 0.1) is 0 Å². The lowest BCUT2D eigenvalue weighted by Gasteiger charge is -2.47. The van der Waals surface area contributed by atoms with Crippen molar-refractivity contribution in [3.63, 3.8) is 0 Å². The maximum atomic E-state index is 3.90. The van der Waals surface area contributed by atoms with Crippen LogP contribution in [0.3, 0.4) is 0 Å². The maximum absolute atomic E-state index is 3.90. The van der Waals surface area contributed by atoms with Crippen LogP contribution in [0.25, 0.3) is 0 Å². The van der Waals surface area contributed by atoms with E-state index < -0.39 is 0 Å². The zero-order valence-electron chi connectivity index (χ0n) is 13.5. The van der Waals surface area contributed by atoms with E-state index in [1.165, 1.54) is 51.6 Å². The van der Waals surface area contributed by atoms with Crippen LogP contribution in [0.2, 0.25) is 0 Å². The second-order valence-corrected chi connectivity index (χ2v) is 7.16. The molecule has 0 radical (unpaired) electrons. The summed E-state index contributed by atoms with van der Waals surface area (Å²) in [5, 5.41) is 3.90. The van der Waals surface area contributed by atoms with Gasteiger partial charge in [-0.05, 0) is 38.5 Å². The molecule has 2 heteroatoms. The Morgan fingerprint density at radius 1 is 1.11 bits per heavy atom. The Morgan fingerprint density at radius 3 is 2.37 bits per heavy atom. The van der Waals surface area contributed by atoms with Gasteiger partial charge in [0.2, 0.25) is 0 Å². The fourth-order valence-corrected chi connectivity index (χ4v) is 4.06. The van der Waals surface area contributed by atoms with E-state index in [9.17, 15) is 0 Å². The molecule has 19 heavy (non-hydrogen) atoms. The molecule has 0 spiro atoms. The van der Waals surface area contributed by atoms with Crippen molar-refractivity contribution >= 4 is 0 Å². The molecule has 3 unspecified atom stereocenters. The Labute approximate surface area is 120 Å². The molecule has 0 aromatic rings. The maximum Gasteiger partial charge on any atom is 0.0249 e. The van der Waals surface area contributed by atoms with Gasteiger partial charge in [0.1, 0.15) is 0 Å². The average molecular weight is 266 g/mol. The van der Waals surface area contributed by atoms with E-state index in [2.05, 4.69) is 37.9 Å².